The molecule has 0 aliphatic rings. The monoisotopic (exact) mass is 332 g/mol. The molecule has 0 saturated heterocycles. The summed E-state index contributed by atoms with van der Waals surface area (Å²) in [6, 6.07) is 10.3. The quantitative estimate of drug-likeness (QED) is 0.346. The Labute approximate surface area is 146 Å². The number of aliphatic hydroxyl groups excluding tert-OH is 1. The van der Waals surface area contributed by atoms with Crippen molar-refractivity contribution in [1.29, 1.82) is 0 Å². The summed E-state index contributed by atoms with van der Waals surface area (Å²) in [7, 11) is 0. The summed E-state index contributed by atoms with van der Waals surface area (Å²) in [5, 5.41) is 18.6. The second-order valence-electron chi connectivity index (χ2n) is 7.19. The number of hydrogen-bond donors (Lipinski definition) is 2. The second-order valence-corrected chi connectivity index (χ2v) is 7.19. The molecule has 0 spiro atoms. The topological polar surface area (TPSA) is 49.7 Å². The maximum Gasteiger partial charge on any atom is 0.103 e. The third kappa shape index (κ3) is 8.44. The number of allylic oxidation sites excluding steroid dienone is 3. The number of rotatable bonds is 10. The molecule has 134 valence electrons. The van der Waals surface area contributed by atoms with Gasteiger partial charge < -0.3 is 5.11 Å². The molecule has 0 unspecified atom stereocenters. The Hall–Kier alpha value is -1.42. The van der Waals surface area contributed by atoms with Crippen LogP contribution in [0.3, 0.4) is 0 Å². The lowest BCUT2D eigenvalue weighted by Gasteiger charge is -2.29. The molecule has 0 amide bonds. The van der Waals surface area contributed by atoms with Crippen LogP contribution < -0.4 is 0 Å². The van der Waals surface area contributed by atoms with E-state index in [9.17, 15) is 5.11 Å². The SMILES string of the molecule is C[C@H](/C=C/c1ccccc1)C/C=C/[C@H](C)C[C@@](C)(C[C@@H](C)O)OO. The van der Waals surface area contributed by atoms with Crippen LogP contribution in [-0.4, -0.2) is 22.1 Å². The Morgan fingerprint density at radius 3 is 2.29 bits per heavy atom. The summed E-state index contributed by atoms with van der Waals surface area (Å²) in [5.41, 5.74) is 0.507. The van der Waals surface area contributed by atoms with E-state index in [0.717, 1.165) is 6.42 Å². The predicted octanol–water partition coefficient (Wildman–Crippen LogP) is 5.33. The Balaban J connectivity index is 2.43. The van der Waals surface area contributed by atoms with Crippen molar-refractivity contribution in [3.63, 3.8) is 0 Å². The van der Waals surface area contributed by atoms with Gasteiger partial charge in [0.2, 0.25) is 0 Å². The van der Waals surface area contributed by atoms with Gasteiger partial charge in [-0.05, 0) is 44.1 Å². The van der Waals surface area contributed by atoms with Crippen LogP contribution in [0.4, 0.5) is 0 Å². The highest BCUT2D eigenvalue weighted by molar-refractivity contribution is 5.48. The molecule has 0 radical (unpaired) electrons. The first-order valence-electron chi connectivity index (χ1n) is 8.75. The molecule has 1 aromatic carbocycles. The minimum absolute atomic E-state index is 0.270. The zero-order valence-corrected chi connectivity index (χ0v) is 15.4. The van der Waals surface area contributed by atoms with Gasteiger partial charge in [-0.3, -0.25) is 5.26 Å². The molecule has 0 aliphatic carbocycles. The molecule has 0 aromatic heterocycles. The smallest absolute Gasteiger partial charge is 0.103 e. The van der Waals surface area contributed by atoms with Crippen molar-refractivity contribution in [1.82, 2.24) is 0 Å². The molecule has 0 saturated carbocycles. The highest BCUT2D eigenvalue weighted by Gasteiger charge is 2.29. The molecule has 24 heavy (non-hydrogen) atoms. The van der Waals surface area contributed by atoms with Crippen molar-refractivity contribution in [2.75, 3.05) is 0 Å². The van der Waals surface area contributed by atoms with Crippen LogP contribution in [0.5, 0.6) is 0 Å². The minimum Gasteiger partial charge on any atom is -0.393 e. The fraction of sp³-hybridized carbons (Fsp3) is 0.524. The molecule has 4 atom stereocenters. The van der Waals surface area contributed by atoms with Gasteiger partial charge in [-0.25, -0.2) is 4.89 Å². The molecule has 0 bridgehead atoms. The van der Waals surface area contributed by atoms with Gasteiger partial charge in [0.15, 0.2) is 0 Å². The average molecular weight is 332 g/mol. The van der Waals surface area contributed by atoms with Crippen molar-refractivity contribution in [3.8, 4) is 0 Å². The number of benzene rings is 1. The highest BCUT2D eigenvalue weighted by Crippen LogP contribution is 2.26. The molecule has 1 aromatic rings. The Bertz CT molecular complexity index is 507. The van der Waals surface area contributed by atoms with Crippen LogP contribution in [0, 0.1) is 11.8 Å². The van der Waals surface area contributed by atoms with E-state index >= 15 is 0 Å². The fourth-order valence-electron chi connectivity index (χ4n) is 2.98. The summed E-state index contributed by atoms with van der Waals surface area (Å²) in [6.07, 6.45) is 10.3. The van der Waals surface area contributed by atoms with E-state index in [1.165, 1.54) is 5.56 Å². The van der Waals surface area contributed by atoms with Crippen LogP contribution in [0.25, 0.3) is 6.08 Å². The molecule has 0 heterocycles. The molecule has 2 N–H and O–H groups in total. The average Bonchev–Trinajstić information content (AvgIpc) is 2.53. The van der Waals surface area contributed by atoms with Crippen LogP contribution in [0.15, 0.2) is 48.6 Å². The van der Waals surface area contributed by atoms with Crippen LogP contribution >= 0.6 is 0 Å². The van der Waals surface area contributed by atoms with E-state index in [0.29, 0.717) is 18.8 Å². The van der Waals surface area contributed by atoms with Crippen LogP contribution in [-0.2, 0) is 4.89 Å². The summed E-state index contributed by atoms with van der Waals surface area (Å²) >= 11 is 0. The van der Waals surface area contributed by atoms with Crippen molar-refractivity contribution >= 4 is 6.08 Å². The van der Waals surface area contributed by atoms with Gasteiger partial charge in [0.25, 0.3) is 0 Å². The lowest BCUT2D eigenvalue weighted by molar-refractivity contribution is -0.326. The first-order valence-corrected chi connectivity index (χ1v) is 8.75. The molecular formula is C21H32O3. The van der Waals surface area contributed by atoms with Crippen molar-refractivity contribution in [2.24, 2.45) is 11.8 Å². The van der Waals surface area contributed by atoms with Gasteiger partial charge in [0.05, 0.1) is 6.10 Å². The van der Waals surface area contributed by atoms with Gasteiger partial charge in [0.1, 0.15) is 5.60 Å². The summed E-state index contributed by atoms with van der Waals surface area (Å²) in [4.78, 5) is 4.63. The van der Waals surface area contributed by atoms with Gasteiger partial charge >= 0.3 is 0 Å². The molecule has 0 fully saturated rings. The van der Waals surface area contributed by atoms with Crippen LogP contribution in [0.1, 0.15) is 52.5 Å². The first kappa shape index (κ1) is 20.6. The standard InChI is InChI=1S/C21H32O3/c1-17(13-14-20-11-6-5-7-12-20)9-8-10-18(2)15-21(4,24-23)16-19(3)22/h5-8,10-14,17-19,22-23H,9,15-16H2,1-4H3/b10-8+,14-13+/t17-,18-,19+,21-/m0/s1. The summed E-state index contributed by atoms with van der Waals surface area (Å²) < 4.78 is 0. The van der Waals surface area contributed by atoms with Gasteiger partial charge in [-0.15, -0.1) is 0 Å². The fourth-order valence-corrected chi connectivity index (χ4v) is 2.98. The normalized spacial score (nSPS) is 18.6. The van der Waals surface area contributed by atoms with Crippen molar-refractivity contribution in [2.45, 2.75) is 58.7 Å². The Morgan fingerprint density at radius 2 is 1.71 bits per heavy atom. The van der Waals surface area contributed by atoms with Crippen molar-refractivity contribution in [3.05, 3.63) is 54.1 Å². The van der Waals surface area contributed by atoms with E-state index in [2.05, 4.69) is 55.2 Å². The van der Waals surface area contributed by atoms with Crippen LogP contribution in [0.2, 0.25) is 0 Å². The zero-order valence-electron chi connectivity index (χ0n) is 15.4. The Morgan fingerprint density at radius 1 is 1.04 bits per heavy atom. The van der Waals surface area contributed by atoms with Gasteiger partial charge in [-0.2, -0.15) is 0 Å². The van der Waals surface area contributed by atoms with E-state index in [4.69, 9.17) is 5.26 Å². The Kier molecular flexibility index (Phi) is 8.98. The summed E-state index contributed by atoms with van der Waals surface area (Å²) in [5.74, 6) is 0.734. The highest BCUT2D eigenvalue weighted by atomic mass is 17.1. The van der Waals surface area contributed by atoms with E-state index in [1.807, 2.05) is 25.1 Å². The zero-order chi connectivity index (χ0) is 18.0. The van der Waals surface area contributed by atoms with E-state index < -0.39 is 11.7 Å². The van der Waals surface area contributed by atoms with E-state index in [1.54, 1.807) is 6.92 Å². The molecule has 0 aliphatic heterocycles. The third-order valence-electron chi connectivity index (χ3n) is 4.09. The molecular weight excluding hydrogens is 300 g/mol. The van der Waals surface area contributed by atoms with Crippen molar-refractivity contribution < 1.29 is 15.3 Å². The maximum absolute atomic E-state index is 9.52. The maximum atomic E-state index is 9.52. The van der Waals surface area contributed by atoms with Gasteiger partial charge in [-0.1, -0.05) is 68.5 Å². The second kappa shape index (κ2) is 10.4. The molecule has 3 heteroatoms. The largest absolute Gasteiger partial charge is 0.393 e. The van der Waals surface area contributed by atoms with Gasteiger partial charge in [0, 0.05) is 6.42 Å². The number of hydrogen-bond acceptors (Lipinski definition) is 3. The molecule has 3 nitrogen and oxygen atoms in total. The lowest BCUT2D eigenvalue weighted by Crippen LogP contribution is -2.33. The summed E-state index contributed by atoms with van der Waals surface area (Å²) in [6.45, 7) is 7.83. The lowest BCUT2D eigenvalue weighted by atomic mass is 9.88. The predicted molar refractivity (Wildman–Crippen MR) is 101 cm³/mol. The number of aliphatic hydroxyl groups is 1. The molecule has 1 rings (SSSR count). The minimum atomic E-state index is -0.712. The first-order chi connectivity index (χ1) is 11.3. The van der Waals surface area contributed by atoms with E-state index in [-0.39, 0.29) is 5.92 Å². The third-order valence-corrected chi connectivity index (χ3v) is 4.09.